The lowest BCUT2D eigenvalue weighted by atomic mass is 9.95. The van der Waals surface area contributed by atoms with Crippen LogP contribution in [-0.2, 0) is 22.7 Å². The van der Waals surface area contributed by atoms with Gasteiger partial charge in [-0.2, -0.15) is 0 Å². The predicted molar refractivity (Wildman–Crippen MR) is 118 cm³/mol. The first-order valence-electron chi connectivity index (χ1n) is 10.1. The molecule has 0 amide bonds. The molecule has 1 unspecified atom stereocenters. The highest BCUT2D eigenvalue weighted by molar-refractivity contribution is 7.92. The standard InChI is InChI=1S/C25H21NO3S/c27-25(18-9-3-1-4-10-18)26-23-14-8-7-13-21(23)22-17-20(15-16-24(22)26)30(28,29)19-11-5-2-6-12-19/h1-14,20H,15-17H2. The average Bonchev–Trinajstić information content (AvgIpc) is 3.13. The van der Waals surface area contributed by atoms with Crippen molar-refractivity contribution in [3.05, 3.63) is 102 Å². The van der Waals surface area contributed by atoms with Crippen LogP contribution in [0.25, 0.3) is 10.9 Å². The minimum absolute atomic E-state index is 0.0718. The Labute approximate surface area is 175 Å². The SMILES string of the molecule is O=C(c1ccccc1)n1c2c(c3ccccc31)CC(S(=O)(=O)c1ccccc1)CC2. The first-order chi connectivity index (χ1) is 14.6. The molecule has 30 heavy (non-hydrogen) atoms. The molecule has 0 saturated carbocycles. The number of aromatic nitrogens is 1. The third-order valence-electron chi connectivity index (χ3n) is 5.96. The predicted octanol–water partition coefficient (Wildman–Crippen LogP) is 4.66. The maximum absolute atomic E-state index is 13.3. The topological polar surface area (TPSA) is 56.1 Å². The van der Waals surface area contributed by atoms with E-state index in [2.05, 4.69) is 0 Å². The summed E-state index contributed by atoms with van der Waals surface area (Å²) in [6.07, 6.45) is 1.48. The summed E-state index contributed by atoms with van der Waals surface area (Å²) in [5.41, 5.74) is 3.38. The van der Waals surface area contributed by atoms with Crippen LogP contribution in [0, 0.1) is 0 Å². The van der Waals surface area contributed by atoms with Gasteiger partial charge in [0.05, 0.1) is 15.7 Å². The summed E-state index contributed by atoms with van der Waals surface area (Å²) in [7, 11) is -3.43. The van der Waals surface area contributed by atoms with Gasteiger partial charge in [0.25, 0.3) is 5.91 Å². The van der Waals surface area contributed by atoms with Crippen LogP contribution < -0.4 is 0 Å². The molecule has 3 aromatic carbocycles. The molecule has 1 heterocycles. The van der Waals surface area contributed by atoms with E-state index >= 15 is 0 Å². The third-order valence-corrected chi connectivity index (χ3v) is 8.17. The first-order valence-corrected chi connectivity index (χ1v) is 11.6. The minimum atomic E-state index is -3.43. The number of carbonyl (C=O) groups is 1. The van der Waals surface area contributed by atoms with Crippen LogP contribution in [0.15, 0.2) is 89.8 Å². The van der Waals surface area contributed by atoms with Crippen molar-refractivity contribution < 1.29 is 13.2 Å². The van der Waals surface area contributed by atoms with E-state index in [-0.39, 0.29) is 5.91 Å². The quantitative estimate of drug-likeness (QED) is 0.489. The van der Waals surface area contributed by atoms with Crippen LogP contribution in [0.2, 0.25) is 0 Å². The highest BCUT2D eigenvalue weighted by atomic mass is 32.2. The van der Waals surface area contributed by atoms with Crippen molar-refractivity contribution in [1.29, 1.82) is 0 Å². The Kier molecular flexibility index (Phi) is 4.55. The van der Waals surface area contributed by atoms with Crippen molar-refractivity contribution in [3.8, 4) is 0 Å². The number of sulfone groups is 1. The maximum atomic E-state index is 13.3. The molecule has 1 aliphatic rings. The van der Waals surface area contributed by atoms with Crippen LogP contribution in [0.3, 0.4) is 0 Å². The molecule has 0 fully saturated rings. The number of rotatable bonds is 3. The van der Waals surface area contributed by atoms with Gasteiger partial charge in [0.15, 0.2) is 9.84 Å². The van der Waals surface area contributed by atoms with Gasteiger partial charge in [-0.15, -0.1) is 0 Å². The molecule has 4 aromatic rings. The van der Waals surface area contributed by atoms with Gasteiger partial charge in [-0.1, -0.05) is 54.6 Å². The lowest BCUT2D eigenvalue weighted by molar-refractivity contribution is 0.0961. The van der Waals surface area contributed by atoms with E-state index in [4.69, 9.17) is 0 Å². The van der Waals surface area contributed by atoms with E-state index in [1.54, 1.807) is 28.8 Å². The third kappa shape index (κ3) is 2.97. The normalized spacial score (nSPS) is 16.3. The van der Waals surface area contributed by atoms with Crippen molar-refractivity contribution >= 4 is 26.6 Å². The number of fused-ring (bicyclic) bond motifs is 3. The van der Waals surface area contributed by atoms with Crippen molar-refractivity contribution in [1.82, 2.24) is 4.57 Å². The molecular weight excluding hydrogens is 394 g/mol. The van der Waals surface area contributed by atoms with Crippen molar-refractivity contribution in [2.24, 2.45) is 0 Å². The highest BCUT2D eigenvalue weighted by Crippen LogP contribution is 2.36. The molecule has 5 heteroatoms. The zero-order chi connectivity index (χ0) is 20.7. The molecule has 1 atom stereocenters. The number of nitrogens with zero attached hydrogens (tertiary/aromatic N) is 1. The monoisotopic (exact) mass is 415 g/mol. The molecule has 0 spiro atoms. The molecule has 0 bridgehead atoms. The Morgan fingerprint density at radius 2 is 1.47 bits per heavy atom. The van der Waals surface area contributed by atoms with Gasteiger partial charge >= 0.3 is 0 Å². The summed E-state index contributed by atoms with van der Waals surface area (Å²) in [6.45, 7) is 0. The van der Waals surface area contributed by atoms with Crippen LogP contribution >= 0.6 is 0 Å². The summed E-state index contributed by atoms with van der Waals surface area (Å²) in [5, 5.41) is 0.475. The molecule has 0 aliphatic heterocycles. The molecule has 0 N–H and O–H groups in total. The van der Waals surface area contributed by atoms with Crippen molar-refractivity contribution in [3.63, 3.8) is 0 Å². The second-order valence-corrected chi connectivity index (χ2v) is 9.90. The molecule has 150 valence electrons. The zero-order valence-corrected chi connectivity index (χ0v) is 17.2. The van der Waals surface area contributed by atoms with E-state index in [0.717, 1.165) is 22.2 Å². The molecule has 1 aliphatic carbocycles. The zero-order valence-electron chi connectivity index (χ0n) is 16.4. The van der Waals surface area contributed by atoms with Crippen LogP contribution in [0.5, 0.6) is 0 Å². The largest absolute Gasteiger partial charge is 0.280 e. The van der Waals surface area contributed by atoms with Gasteiger partial charge in [0.2, 0.25) is 0 Å². The van der Waals surface area contributed by atoms with Gasteiger partial charge in [0.1, 0.15) is 0 Å². The van der Waals surface area contributed by atoms with Gasteiger partial charge in [-0.3, -0.25) is 9.36 Å². The number of para-hydroxylation sites is 1. The summed E-state index contributed by atoms with van der Waals surface area (Å²) in [5.74, 6) is -0.0718. The summed E-state index contributed by atoms with van der Waals surface area (Å²) in [4.78, 5) is 13.7. The first kappa shape index (κ1) is 18.8. The Morgan fingerprint density at radius 3 is 2.20 bits per heavy atom. The van der Waals surface area contributed by atoms with E-state index in [0.29, 0.717) is 29.7 Å². The van der Waals surface area contributed by atoms with E-state index in [1.807, 2.05) is 60.7 Å². The summed E-state index contributed by atoms with van der Waals surface area (Å²) in [6, 6.07) is 25.7. The fraction of sp³-hybridized carbons (Fsp3) is 0.160. The second kappa shape index (κ2) is 7.26. The van der Waals surface area contributed by atoms with Crippen LogP contribution in [-0.4, -0.2) is 24.1 Å². The minimum Gasteiger partial charge on any atom is -0.280 e. The second-order valence-electron chi connectivity index (χ2n) is 7.67. The maximum Gasteiger partial charge on any atom is 0.262 e. The number of carbonyl (C=O) groups excluding carboxylic acids is 1. The van der Waals surface area contributed by atoms with Crippen molar-refractivity contribution in [2.45, 2.75) is 29.4 Å². The smallest absolute Gasteiger partial charge is 0.262 e. The van der Waals surface area contributed by atoms with E-state index in [9.17, 15) is 13.2 Å². The average molecular weight is 416 g/mol. The molecule has 5 rings (SSSR count). The van der Waals surface area contributed by atoms with Crippen LogP contribution in [0.1, 0.15) is 28.0 Å². The molecular formula is C25H21NO3S. The van der Waals surface area contributed by atoms with Crippen LogP contribution in [0.4, 0.5) is 0 Å². The lowest BCUT2D eigenvalue weighted by Crippen LogP contribution is -2.29. The molecule has 0 radical (unpaired) electrons. The van der Waals surface area contributed by atoms with Crippen molar-refractivity contribution in [2.75, 3.05) is 0 Å². The van der Waals surface area contributed by atoms with Gasteiger partial charge < -0.3 is 0 Å². The van der Waals surface area contributed by atoms with Gasteiger partial charge in [0, 0.05) is 16.6 Å². The summed E-state index contributed by atoms with van der Waals surface area (Å²) >= 11 is 0. The Morgan fingerprint density at radius 1 is 0.833 bits per heavy atom. The highest BCUT2D eigenvalue weighted by Gasteiger charge is 2.35. The molecule has 4 nitrogen and oxygen atoms in total. The number of hydrogen-bond acceptors (Lipinski definition) is 3. The van der Waals surface area contributed by atoms with Gasteiger partial charge in [-0.25, -0.2) is 8.42 Å². The molecule has 1 aromatic heterocycles. The fourth-order valence-corrected chi connectivity index (χ4v) is 6.22. The van der Waals surface area contributed by atoms with E-state index in [1.165, 1.54) is 0 Å². The number of benzene rings is 3. The lowest BCUT2D eigenvalue weighted by Gasteiger charge is -2.24. The molecule has 0 saturated heterocycles. The number of hydrogen-bond donors (Lipinski definition) is 0. The Bertz CT molecular complexity index is 1340. The Hall–Kier alpha value is -3.18. The fourth-order valence-electron chi connectivity index (χ4n) is 4.49. The summed E-state index contributed by atoms with van der Waals surface area (Å²) < 4.78 is 28.2. The Balaban J connectivity index is 1.62. The van der Waals surface area contributed by atoms with E-state index < -0.39 is 15.1 Å². The van der Waals surface area contributed by atoms with Gasteiger partial charge in [-0.05, 0) is 55.2 Å².